The first-order chi connectivity index (χ1) is 18.8. The summed E-state index contributed by atoms with van der Waals surface area (Å²) in [5, 5.41) is 1.10. The Bertz CT molecular complexity index is 1440. The molecule has 2 aromatic heterocycles. The number of carbonyl (C=O) groups is 1. The number of benzene rings is 2. The number of aryl methyl sites for hydroxylation is 1. The van der Waals surface area contributed by atoms with Crippen molar-refractivity contribution in [2.75, 3.05) is 48.4 Å². The maximum atomic E-state index is 13.6. The first kappa shape index (κ1) is 26.7. The molecule has 4 aromatic rings. The highest BCUT2D eigenvalue weighted by Gasteiger charge is 2.28. The van der Waals surface area contributed by atoms with Crippen molar-refractivity contribution in [1.29, 1.82) is 0 Å². The highest BCUT2D eigenvalue weighted by molar-refractivity contribution is 6.00. The van der Waals surface area contributed by atoms with Gasteiger partial charge in [-0.05, 0) is 61.1 Å². The number of aromatic nitrogens is 2. The number of rotatable bonds is 7. The van der Waals surface area contributed by atoms with Gasteiger partial charge in [0, 0.05) is 45.0 Å². The molecule has 1 fully saturated rings. The zero-order chi connectivity index (χ0) is 27.5. The molecule has 2 aromatic carbocycles. The second kappa shape index (κ2) is 11.4. The lowest BCUT2D eigenvalue weighted by Crippen LogP contribution is -2.42. The molecule has 0 spiro atoms. The molecule has 39 heavy (non-hydrogen) atoms. The maximum Gasteiger partial charge on any atom is 0.230 e. The van der Waals surface area contributed by atoms with E-state index in [1.54, 1.807) is 0 Å². The molecule has 5 rings (SSSR count). The largest absolute Gasteiger partial charge is 0.370 e. The average Bonchev–Trinajstić information content (AvgIpc) is 2.95. The van der Waals surface area contributed by atoms with Gasteiger partial charge in [0.05, 0.1) is 17.4 Å². The Morgan fingerprint density at radius 2 is 1.74 bits per heavy atom. The molecule has 1 saturated heterocycles. The summed E-state index contributed by atoms with van der Waals surface area (Å²) in [5.74, 6) is 2.13. The van der Waals surface area contributed by atoms with Crippen LogP contribution >= 0.6 is 0 Å². The van der Waals surface area contributed by atoms with Crippen molar-refractivity contribution in [3.63, 3.8) is 0 Å². The number of piperidine rings is 1. The molecule has 3 heterocycles. The first-order valence-electron chi connectivity index (χ1n) is 14.0. The summed E-state index contributed by atoms with van der Waals surface area (Å²) in [6, 6.07) is 23.1. The minimum absolute atomic E-state index is 0.109. The van der Waals surface area contributed by atoms with Gasteiger partial charge in [0.15, 0.2) is 0 Å². The van der Waals surface area contributed by atoms with Crippen LogP contribution in [0.4, 0.5) is 17.3 Å². The van der Waals surface area contributed by atoms with Gasteiger partial charge in [0.2, 0.25) is 5.91 Å². The molecule has 1 aliphatic rings. The van der Waals surface area contributed by atoms with Crippen LogP contribution in [0.15, 0.2) is 72.9 Å². The molecule has 0 atom stereocenters. The fraction of sp³-hybridized carbons (Fsp3) is 0.364. The number of anilines is 3. The summed E-state index contributed by atoms with van der Waals surface area (Å²) in [6.07, 6.45) is 4.02. The summed E-state index contributed by atoms with van der Waals surface area (Å²) < 4.78 is 0. The summed E-state index contributed by atoms with van der Waals surface area (Å²) >= 11 is 0. The quantitative estimate of drug-likeness (QED) is 0.275. The zero-order valence-corrected chi connectivity index (χ0v) is 23.8. The molecule has 0 N–H and O–H groups in total. The van der Waals surface area contributed by atoms with E-state index in [4.69, 9.17) is 4.98 Å². The standard InChI is InChI=1S/C33H39N5O/c1-23(2)33(39)38(22-25-15-17-37(18-16-25)27-13-14-31(34-21-27)36(4)5)32-20-29(26-10-8-9-24(3)19-26)28-11-6-7-12-30(28)35-32/h6-14,19-21,23,25H,15-18,22H2,1-5H3. The predicted octanol–water partition coefficient (Wildman–Crippen LogP) is 6.58. The Hall–Kier alpha value is -3.93. The third-order valence-electron chi connectivity index (χ3n) is 7.68. The number of hydrogen-bond acceptors (Lipinski definition) is 5. The Labute approximate surface area is 232 Å². The van der Waals surface area contributed by atoms with Crippen molar-refractivity contribution in [2.45, 2.75) is 33.6 Å². The molecule has 1 amide bonds. The van der Waals surface area contributed by atoms with Crippen LogP contribution < -0.4 is 14.7 Å². The van der Waals surface area contributed by atoms with Gasteiger partial charge in [-0.2, -0.15) is 0 Å². The van der Waals surface area contributed by atoms with Crippen LogP contribution in [-0.4, -0.2) is 49.6 Å². The topological polar surface area (TPSA) is 52.6 Å². The minimum Gasteiger partial charge on any atom is -0.370 e. The van der Waals surface area contributed by atoms with Crippen molar-refractivity contribution < 1.29 is 4.79 Å². The molecule has 6 heteroatoms. The molecule has 0 saturated carbocycles. The van der Waals surface area contributed by atoms with Gasteiger partial charge < -0.3 is 9.80 Å². The van der Waals surface area contributed by atoms with Crippen LogP contribution in [0.25, 0.3) is 22.0 Å². The van der Waals surface area contributed by atoms with E-state index in [0.29, 0.717) is 12.5 Å². The number of fused-ring (bicyclic) bond motifs is 1. The summed E-state index contributed by atoms with van der Waals surface area (Å²) in [7, 11) is 4.01. The highest BCUT2D eigenvalue weighted by atomic mass is 16.2. The zero-order valence-electron chi connectivity index (χ0n) is 23.8. The number of pyridine rings is 2. The van der Waals surface area contributed by atoms with E-state index in [2.05, 4.69) is 71.4 Å². The monoisotopic (exact) mass is 521 g/mol. The first-order valence-corrected chi connectivity index (χ1v) is 14.0. The van der Waals surface area contributed by atoms with Crippen LogP contribution in [0.1, 0.15) is 32.3 Å². The smallest absolute Gasteiger partial charge is 0.230 e. The average molecular weight is 522 g/mol. The fourth-order valence-electron chi connectivity index (χ4n) is 5.42. The van der Waals surface area contributed by atoms with Crippen LogP contribution in [0.2, 0.25) is 0 Å². The molecule has 1 aliphatic heterocycles. The molecule has 202 valence electrons. The third kappa shape index (κ3) is 5.90. The van der Waals surface area contributed by atoms with Crippen LogP contribution in [0.3, 0.4) is 0 Å². The van der Waals surface area contributed by atoms with Crippen molar-refractivity contribution in [3.05, 3.63) is 78.5 Å². The van der Waals surface area contributed by atoms with Crippen molar-refractivity contribution in [2.24, 2.45) is 11.8 Å². The van der Waals surface area contributed by atoms with Crippen molar-refractivity contribution >= 4 is 34.1 Å². The Morgan fingerprint density at radius 1 is 0.974 bits per heavy atom. The normalized spacial score (nSPS) is 14.2. The van der Waals surface area contributed by atoms with E-state index in [1.807, 2.05) is 56.1 Å². The number of para-hydroxylation sites is 1. The van der Waals surface area contributed by atoms with Crippen LogP contribution in [-0.2, 0) is 4.79 Å². The summed E-state index contributed by atoms with van der Waals surface area (Å²) in [6.45, 7) is 8.66. The minimum atomic E-state index is -0.109. The number of hydrogen-bond donors (Lipinski definition) is 0. The highest BCUT2D eigenvalue weighted by Crippen LogP contribution is 2.33. The molecule has 0 unspecified atom stereocenters. The Kier molecular flexibility index (Phi) is 7.82. The van der Waals surface area contributed by atoms with E-state index >= 15 is 0 Å². The number of amides is 1. The van der Waals surface area contributed by atoms with Gasteiger partial charge in [-0.1, -0.05) is 61.9 Å². The maximum absolute atomic E-state index is 13.6. The number of nitrogens with zero attached hydrogens (tertiary/aromatic N) is 5. The Balaban J connectivity index is 1.41. The third-order valence-corrected chi connectivity index (χ3v) is 7.68. The molecule has 0 bridgehead atoms. The molecular weight excluding hydrogens is 482 g/mol. The van der Waals surface area contributed by atoms with E-state index in [0.717, 1.165) is 65.3 Å². The van der Waals surface area contributed by atoms with Crippen LogP contribution in [0.5, 0.6) is 0 Å². The summed E-state index contributed by atoms with van der Waals surface area (Å²) in [4.78, 5) is 29.6. The van der Waals surface area contributed by atoms with Gasteiger partial charge in [-0.15, -0.1) is 0 Å². The molecule has 0 aliphatic carbocycles. The molecular formula is C33H39N5O. The van der Waals surface area contributed by atoms with Gasteiger partial charge in [0.1, 0.15) is 11.6 Å². The lowest BCUT2D eigenvalue weighted by molar-refractivity contribution is -0.121. The van der Waals surface area contributed by atoms with Crippen LogP contribution in [0, 0.1) is 18.8 Å². The van der Waals surface area contributed by atoms with E-state index in [-0.39, 0.29) is 11.8 Å². The van der Waals surface area contributed by atoms with Gasteiger partial charge in [0.25, 0.3) is 0 Å². The lowest BCUT2D eigenvalue weighted by Gasteiger charge is -2.36. The molecule has 6 nitrogen and oxygen atoms in total. The SMILES string of the molecule is Cc1cccc(-c2cc(N(CC3CCN(c4ccc(N(C)C)nc4)CC3)C(=O)C(C)C)nc3ccccc23)c1. The second-order valence-corrected chi connectivity index (χ2v) is 11.2. The van der Waals surface area contributed by atoms with Gasteiger partial charge in [-0.25, -0.2) is 9.97 Å². The van der Waals surface area contributed by atoms with Crippen molar-refractivity contribution in [3.8, 4) is 11.1 Å². The van der Waals surface area contributed by atoms with E-state index in [1.165, 1.54) is 5.56 Å². The fourth-order valence-corrected chi connectivity index (χ4v) is 5.42. The number of carbonyl (C=O) groups excluding carboxylic acids is 1. The van der Waals surface area contributed by atoms with E-state index < -0.39 is 0 Å². The predicted molar refractivity (Wildman–Crippen MR) is 163 cm³/mol. The summed E-state index contributed by atoms with van der Waals surface area (Å²) in [5.41, 5.74) is 5.55. The van der Waals surface area contributed by atoms with Gasteiger partial charge >= 0.3 is 0 Å². The lowest BCUT2D eigenvalue weighted by atomic mass is 9.95. The van der Waals surface area contributed by atoms with Crippen molar-refractivity contribution in [1.82, 2.24) is 9.97 Å². The Morgan fingerprint density at radius 3 is 2.41 bits per heavy atom. The molecule has 0 radical (unpaired) electrons. The second-order valence-electron chi connectivity index (χ2n) is 11.2. The van der Waals surface area contributed by atoms with Gasteiger partial charge in [-0.3, -0.25) is 9.69 Å². The van der Waals surface area contributed by atoms with E-state index in [9.17, 15) is 4.79 Å².